The molecule has 1 aliphatic heterocycles. The second kappa shape index (κ2) is 1.50. The maximum absolute atomic E-state index is 2.51. The van der Waals surface area contributed by atoms with Gasteiger partial charge in [-0.1, -0.05) is 0 Å². The van der Waals surface area contributed by atoms with Crippen LogP contribution in [0.15, 0.2) is 0 Å². The van der Waals surface area contributed by atoms with Crippen molar-refractivity contribution < 1.29 is 0 Å². The first-order chi connectivity index (χ1) is 3.86. The molecule has 8 heavy (non-hydrogen) atoms. The van der Waals surface area contributed by atoms with Gasteiger partial charge in [0.1, 0.15) is 0 Å². The molecule has 2 bridgehead atoms. The van der Waals surface area contributed by atoms with Gasteiger partial charge in [-0.2, -0.15) is 0 Å². The largest absolute Gasteiger partial charge is 0.346 e. The van der Waals surface area contributed by atoms with E-state index in [1.807, 2.05) is 0 Å². The van der Waals surface area contributed by atoms with Crippen molar-refractivity contribution in [1.82, 2.24) is 4.81 Å². The molecule has 1 aliphatic carbocycles. The van der Waals surface area contributed by atoms with Crippen molar-refractivity contribution in [3.63, 3.8) is 0 Å². The van der Waals surface area contributed by atoms with E-state index in [4.69, 9.17) is 0 Å². The average molecular weight is 109 g/mol. The minimum absolute atomic E-state index is 0.972. The molecule has 0 spiro atoms. The molecule has 0 N–H and O–H groups in total. The molecule has 0 radical (unpaired) electrons. The van der Waals surface area contributed by atoms with Crippen molar-refractivity contribution in [3.8, 4) is 0 Å². The van der Waals surface area contributed by atoms with Crippen LogP contribution in [0.25, 0.3) is 0 Å². The van der Waals surface area contributed by atoms with Crippen molar-refractivity contribution in [2.45, 2.75) is 25.3 Å². The molecule has 0 aromatic carbocycles. The Morgan fingerprint density at radius 3 is 2.50 bits per heavy atom. The molecule has 1 saturated carbocycles. The molecule has 1 saturated heterocycles. The zero-order chi connectivity index (χ0) is 5.56. The molecule has 0 aromatic heterocycles. The van der Waals surface area contributed by atoms with Crippen molar-refractivity contribution in [1.29, 1.82) is 0 Å². The summed E-state index contributed by atoms with van der Waals surface area (Å²) >= 11 is 0. The van der Waals surface area contributed by atoms with Crippen LogP contribution in [0.2, 0.25) is 0 Å². The van der Waals surface area contributed by atoms with Gasteiger partial charge in [0.15, 0.2) is 7.98 Å². The molecule has 2 aliphatic rings. The monoisotopic (exact) mass is 109 g/mol. The number of piperidine rings is 1. The maximum atomic E-state index is 2.51. The van der Waals surface area contributed by atoms with Crippen molar-refractivity contribution in [2.24, 2.45) is 5.92 Å². The fourth-order valence-electron chi connectivity index (χ4n) is 2.17. The summed E-state index contributed by atoms with van der Waals surface area (Å²) in [6.07, 6.45) is 4.48. The third-order valence-electron chi connectivity index (χ3n) is 2.68. The van der Waals surface area contributed by atoms with Crippen LogP contribution in [0.3, 0.4) is 0 Å². The lowest BCUT2D eigenvalue weighted by molar-refractivity contribution is 0.353. The van der Waals surface area contributed by atoms with E-state index >= 15 is 0 Å². The number of nitrogens with zero attached hydrogens (tertiary/aromatic N) is 1. The zero-order valence-electron chi connectivity index (χ0n) is 5.43. The molecule has 1 heterocycles. The van der Waals surface area contributed by atoms with Gasteiger partial charge >= 0.3 is 0 Å². The van der Waals surface area contributed by atoms with Gasteiger partial charge < -0.3 is 4.81 Å². The lowest BCUT2D eigenvalue weighted by Gasteiger charge is -2.21. The Morgan fingerprint density at radius 2 is 2.25 bits per heavy atom. The third-order valence-corrected chi connectivity index (χ3v) is 2.68. The molecule has 44 valence electrons. The minimum Gasteiger partial charge on any atom is -0.346 e. The zero-order valence-corrected chi connectivity index (χ0v) is 5.43. The second-order valence-corrected chi connectivity index (χ2v) is 3.27. The van der Waals surface area contributed by atoms with E-state index < -0.39 is 0 Å². The summed E-state index contributed by atoms with van der Waals surface area (Å²) in [5.41, 5.74) is 0. The first-order valence-electron chi connectivity index (χ1n) is 3.56. The summed E-state index contributed by atoms with van der Waals surface area (Å²) in [4.78, 5) is 2.51. The summed E-state index contributed by atoms with van der Waals surface area (Å²) in [5, 5.41) is 0. The Bertz CT molecular complexity index is 103. The molecule has 0 aromatic rings. The van der Waals surface area contributed by atoms with Gasteiger partial charge in [0.05, 0.1) is 0 Å². The third kappa shape index (κ3) is 0.525. The summed E-state index contributed by atoms with van der Waals surface area (Å²) in [6.45, 7) is 1.38. The van der Waals surface area contributed by atoms with E-state index in [-0.39, 0.29) is 0 Å². The standard InChI is InChI=1S/C6H12BN/c7-8-4-5-1-2-6(8)3-5/h5-6H,1-4,7H2. The molecular weight excluding hydrogens is 96.9 g/mol. The van der Waals surface area contributed by atoms with Crippen molar-refractivity contribution in [3.05, 3.63) is 0 Å². The molecule has 2 heteroatoms. The van der Waals surface area contributed by atoms with E-state index in [0.29, 0.717) is 0 Å². The Hall–Kier alpha value is 0.0249. The lowest BCUT2D eigenvalue weighted by Crippen LogP contribution is -2.28. The summed E-state index contributed by atoms with van der Waals surface area (Å²) < 4.78 is 0. The average Bonchev–Trinajstić information content (AvgIpc) is 2.23. The number of hydrogen-bond donors (Lipinski definition) is 0. The number of rotatable bonds is 0. The topological polar surface area (TPSA) is 3.24 Å². The normalized spacial score (nSPS) is 46.0. The van der Waals surface area contributed by atoms with Gasteiger partial charge in [0.25, 0.3) is 0 Å². The molecule has 2 unspecified atom stereocenters. The highest BCUT2D eigenvalue weighted by Gasteiger charge is 2.34. The molecule has 2 rings (SSSR count). The first-order valence-corrected chi connectivity index (χ1v) is 3.56. The highest BCUT2D eigenvalue weighted by Crippen LogP contribution is 2.35. The molecule has 2 atom stereocenters. The highest BCUT2D eigenvalue weighted by molar-refractivity contribution is 6.04. The molecule has 1 nitrogen and oxygen atoms in total. The van der Waals surface area contributed by atoms with Gasteiger partial charge in [0.2, 0.25) is 0 Å². The van der Waals surface area contributed by atoms with E-state index in [2.05, 4.69) is 12.8 Å². The van der Waals surface area contributed by atoms with Crippen LogP contribution < -0.4 is 0 Å². The smallest absolute Gasteiger partial charge is 0.185 e. The van der Waals surface area contributed by atoms with Gasteiger partial charge in [-0.15, -0.1) is 0 Å². The van der Waals surface area contributed by atoms with E-state index in [1.54, 1.807) is 0 Å². The van der Waals surface area contributed by atoms with Crippen LogP contribution in [-0.4, -0.2) is 25.4 Å². The first kappa shape index (κ1) is 4.86. The summed E-state index contributed by atoms with van der Waals surface area (Å²) in [5.74, 6) is 1.07. The number of hydrogen-bond acceptors (Lipinski definition) is 1. The van der Waals surface area contributed by atoms with Crippen LogP contribution in [-0.2, 0) is 0 Å². The van der Waals surface area contributed by atoms with E-state index in [9.17, 15) is 0 Å². The van der Waals surface area contributed by atoms with Gasteiger partial charge in [-0.25, -0.2) is 0 Å². The fraction of sp³-hybridized carbons (Fsp3) is 1.00. The molecule has 0 amide bonds. The Labute approximate surface area is 51.5 Å². The van der Waals surface area contributed by atoms with Crippen molar-refractivity contribution in [2.75, 3.05) is 6.54 Å². The van der Waals surface area contributed by atoms with Crippen LogP contribution in [0.1, 0.15) is 19.3 Å². The van der Waals surface area contributed by atoms with Gasteiger partial charge in [-0.05, 0) is 37.8 Å². The van der Waals surface area contributed by atoms with Crippen LogP contribution >= 0.6 is 0 Å². The second-order valence-electron chi connectivity index (χ2n) is 3.27. The van der Waals surface area contributed by atoms with Crippen LogP contribution in [0.4, 0.5) is 0 Å². The van der Waals surface area contributed by atoms with Crippen LogP contribution in [0, 0.1) is 5.92 Å². The fourth-order valence-corrected chi connectivity index (χ4v) is 2.17. The quantitative estimate of drug-likeness (QED) is 0.396. The SMILES string of the molecule is BN1CC2CCC1C2. The number of fused-ring (bicyclic) bond motifs is 2. The van der Waals surface area contributed by atoms with E-state index in [0.717, 1.165) is 12.0 Å². The summed E-state index contributed by atoms with van der Waals surface area (Å²) in [6, 6.07) is 0.972. The molecular formula is C6H12BN. The van der Waals surface area contributed by atoms with Gasteiger partial charge in [0, 0.05) is 0 Å². The summed E-state index contributed by atoms with van der Waals surface area (Å²) in [7, 11) is 2.25. The van der Waals surface area contributed by atoms with E-state index in [1.165, 1.54) is 25.8 Å². The lowest BCUT2D eigenvalue weighted by atomic mass is 10.1. The Morgan fingerprint density at radius 1 is 1.38 bits per heavy atom. The predicted molar refractivity (Wildman–Crippen MR) is 36.4 cm³/mol. The minimum atomic E-state index is 0.972. The highest BCUT2D eigenvalue weighted by atomic mass is 15.1. The maximum Gasteiger partial charge on any atom is 0.185 e. The Balaban J connectivity index is 2.11. The van der Waals surface area contributed by atoms with Crippen LogP contribution in [0.5, 0.6) is 0 Å². The van der Waals surface area contributed by atoms with Gasteiger partial charge in [-0.3, -0.25) is 0 Å². The molecule has 2 fully saturated rings. The predicted octanol–water partition coefficient (Wildman–Crippen LogP) is 0.0188. The Kier molecular flexibility index (Phi) is 0.914. The van der Waals surface area contributed by atoms with Crippen molar-refractivity contribution >= 4 is 7.98 Å².